The number of hydrogen-bond donors (Lipinski definition) is 0. The first-order valence-corrected chi connectivity index (χ1v) is 13.1. The first-order chi connectivity index (χ1) is 18.4. The van der Waals surface area contributed by atoms with Gasteiger partial charge in [0.15, 0.2) is 5.78 Å². The summed E-state index contributed by atoms with van der Waals surface area (Å²) < 4.78 is 0. The summed E-state index contributed by atoms with van der Waals surface area (Å²) in [5, 5.41) is 2.57. The van der Waals surface area contributed by atoms with Gasteiger partial charge in [0.05, 0.1) is 28.6 Å². The van der Waals surface area contributed by atoms with E-state index in [1.54, 1.807) is 18.2 Å². The predicted molar refractivity (Wildman–Crippen MR) is 148 cm³/mol. The first kappa shape index (κ1) is 23.2. The lowest BCUT2D eigenvalue weighted by Gasteiger charge is -2.35. The minimum absolute atomic E-state index is 0.215. The lowest BCUT2D eigenvalue weighted by atomic mass is 9.83. The Morgan fingerprint density at radius 2 is 1.50 bits per heavy atom. The number of carbonyl (C=O) groups is 3. The van der Waals surface area contributed by atoms with E-state index in [0.717, 1.165) is 21.9 Å². The van der Waals surface area contributed by atoms with Crippen molar-refractivity contribution in [3.63, 3.8) is 0 Å². The van der Waals surface area contributed by atoms with Gasteiger partial charge in [-0.25, -0.2) is 4.90 Å². The number of ketones is 1. The van der Waals surface area contributed by atoms with Crippen LogP contribution in [0.5, 0.6) is 0 Å². The highest BCUT2D eigenvalue weighted by Crippen LogP contribution is 2.54. The van der Waals surface area contributed by atoms with Gasteiger partial charge in [0.25, 0.3) is 0 Å². The second-order valence-corrected chi connectivity index (χ2v) is 10.7. The molecule has 0 aliphatic carbocycles. The third kappa shape index (κ3) is 3.29. The van der Waals surface area contributed by atoms with E-state index in [1.807, 2.05) is 77.8 Å². The Hall–Kier alpha value is -3.93. The zero-order valence-corrected chi connectivity index (χ0v) is 21.4. The molecule has 7 heteroatoms. The van der Waals surface area contributed by atoms with Crippen LogP contribution in [0.4, 0.5) is 5.69 Å². The molecule has 0 bridgehead atoms. The molecule has 3 aliphatic rings. The molecule has 4 atom stereocenters. The minimum atomic E-state index is -0.893. The molecule has 0 N–H and O–H groups in total. The van der Waals surface area contributed by atoms with Crippen molar-refractivity contribution in [2.75, 3.05) is 4.90 Å². The van der Waals surface area contributed by atoms with Crippen LogP contribution in [0.2, 0.25) is 10.0 Å². The molecule has 7 rings (SSSR count). The van der Waals surface area contributed by atoms with Crippen LogP contribution in [0, 0.1) is 11.8 Å². The number of carbonyl (C=O) groups excluding carboxylic acids is 3. The van der Waals surface area contributed by atoms with E-state index in [9.17, 15) is 14.4 Å². The summed E-state index contributed by atoms with van der Waals surface area (Å²) in [6.45, 7) is 0. The third-order valence-corrected chi connectivity index (χ3v) is 8.47. The molecule has 5 nitrogen and oxygen atoms in total. The fraction of sp³-hybridized carbons (Fsp3) is 0.129. The number of rotatable bonds is 3. The van der Waals surface area contributed by atoms with Crippen LogP contribution in [-0.2, 0) is 9.59 Å². The molecule has 4 aromatic rings. The van der Waals surface area contributed by atoms with Crippen LogP contribution < -0.4 is 4.90 Å². The van der Waals surface area contributed by atoms with Crippen molar-refractivity contribution >= 4 is 63.3 Å². The minimum Gasteiger partial charge on any atom is -0.358 e. The highest BCUT2D eigenvalue weighted by Gasteiger charge is 2.64. The third-order valence-electron chi connectivity index (χ3n) is 7.92. The average molecular weight is 539 g/mol. The van der Waals surface area contributed by atoms with E-state index in [2.05, 4.69) is 0 Å². The number of nitrogens with zero attached hydrogens (tertiary/aromatic N) is 2. The number of amides is 2. The fourth-order valence-electron chi connectivity index (χ4n) is 6.28. The van der Waals surface area contributed by atoms with Gasteiger partial charge < -0.3 is 4.90 Å². The zero-order chi connectivity index (χ0) is 26.1. The summed E-state index contributed by atoms with van der Waals surface area (Å²) >= 11 is 12.5. The Morgan fingerprint density at radius 1 is 0.763 bits per heavy atom. The van der Waals surface area contributed by atoms with Crippen molar-refractivity contribution in [1.29, 1.82) is 0 Å². The summed E-state index contributed by atoms with van der Waals surface area (Å²) in [5.41, 5.74) is 2.67. The topological polar surface area (TPSA) is 57.7 Å². The lowest BCUT2D eigenvalue weighted by Crippen LogP contribution is -2.44. The largest absolute Gasteiger partial charge is 0.358 e. The van der Waals surface area contributed by atoms with Crippen molar-refractivity contribution in [2.45, 2.75) is 12.1 Å². The number of imide groups is 1. The number of benzene rings is 4. The number of Topliss-reactive ketones (excluding diaryl/α,β-unsaturated/α-hetero) is 1. The highest BCUT2D eigenvalue weighted by atomic mass is 35.5. The summed E-state index contributed by atoms with van der Waals surface area (Å²) in [4.78, 5) is 45.5. The maximum Gasteiger partial charge on any atom is 0.240 e. The molecule has 0 aromatic heterocycles. The Labute approximate surface area is 228 Å². The Balaban J connectivity index is 1.38. The smallest absolute Gasteiger partial charge is 0.240 e. The van der Waals surface area contributed by atoms with Crippen LogP contribution in [-0.4, -0.2) is 28.5 Å². The standard InChI is InChI=1S/C31H20Cl2N2O3/c32-20-10-12-23(24(33)16-20)29(36)28-26-25(27-22-8-4-3-6-18(22)13-14-34(27)28)30(37)35(31(26)38)21-11-9-17-5-1-2-7-19(17)15-21/h1-16,25-28H/t25-,26+,27+,28-/m0/s1. The number of halogens is 2. The second-order valence-electron chi connectivity index (χ2n) is 9.86. The van der Waals surface area contributed by atoms with E-state index in [4.69, 9.17) is 23.2 Å². The fourth-order valence-corrected chi connectivity index (χ4v) is 6.78. The molecular weight excluding hydrogens is 519 g/mol. The molecule has 0 spiro atoms. The molecular formula is C31H20Cl2N2O3. The maximum absolute atomic E-state index is 14.1. The summed E-state index contributed by atoms with van der Waals surface area (Å²) in [6, 6.07) is 24.5. The SMILES string of the molecule is O=C(c1ccc(Cl)cc1Cl)[C@@H]1[C@@H]2C(=O)N(c3ccc4ccccc4c3)C(=O)[C@@H]2[C@H]2c3ccccc3C=CN12. The molecule has 186 valence electrons. The van der Waals surface area contributed by atoms with Gasteiger partial charge in [-0.15, -0.1) is 0 Å². The van der Waals surface area contributed by atoms with Crippen molar-refractivity contribution < 1.29 is 14.4 Å². The van der Waals surface area contributed by atoms with Gasteiger partial charge in [-0.05, 0) is 58.3 Å². The number of fused-ring (bicyclic) bond motifs is 6. The van der Waals surface area contributed by atoms with Crippen LogP contribution in [0.15, 0.2) is 91.1 Å². The predicted octanol–water partition coefficient (Wildman–Crippen LogP) is 6.54. The van der Waals surface area contributed by atoms with E-state index in [1.165, 1.54) is 11.0 Å². The van der Waals surface area contributed by atoms with Gasteiger partial charge >= 0.3 is 0 Å². The Morgan fingerprint density at radius 3 is 2.32 bits per heavy atom. The molecule has 0 unspecified atom stereocenters. The van der Waals surface area contributed by atoms with E-state index >= 15 is 0 Å². The normalized spacial score (nSPS) is 23.5. The van der Waals surface area contributed by atoms with E-state index in [0.29, 0.717) is 10.7 Å². The monoisotopic (exact) mass is 538 g/mol. The van der Waals surface area contributed by atoms with Gasteiger partial charge in [-0.3, -0.25) is 14.4 Å². The second kappa shape index (κ2) is 8.55. The van der Waals surface area contributed by atoms with Crippen LogP contribution in [0.1, 0.15) is 27.5 Å². The quantitative estimate of drug-likeness (QED) is 0.219. The average Bonchev–Trinajstić information content (AvgIpc) is 3.40. The molecule has 0 radical (unpaired) electrons. The highest BCUT2D eigenvalue weighted by molar-refractivity contribution is 6.37. The van der Waals surface area contributed by atoms with Gasteiger partial charge in [0, 0.05) is 16.8 Å². The molecule has 2 fully saturated rings. The van der Waals surface area contributed by atoms with Crippen LogP contribution >= 0.6 is 23.2 Å². The van der Waals surface area contributed by atoms with E-state index < -0.39 is 23.9 Å². The molecule has 3 heterocycles. The van der Waals surface area contributed by atoms with Crippen LogP contribution in [0.3, 0.4) is 0 Å². The molecule has 0 saturated carbocycles. The number of anilines is 1. The Bertz CT molecular complexity index is 1710. The van der Waals surface area contributed by atoms with E-state index in [-0.39, 0.29) is 28.2 Å². The zero-order valence-electron chi connectivity index (χ0n) is 19.9. The first-order valence-electron chi connectivity index (χ1n) is 12.3. The summed E-state index contributed by atoms with van der Waals surface area (Å²) in [7, 11) is 0. The van der Waals surface area contributed by atoms with Gasteiger partial charge in [-0.2, -0.15) is 0 Å². The van der Waals surface area contributed by atoms with Gasteiger partial charge in [0.1, 0.15) is 6.04 Å². The van der Waals surface area contributed by atoms with Gasteiger partial charge in [0.2, 0.25) is 11.8 Å². The molecule has 2 saturated heterocycles. The summed E-state index contributed by atoms with van der Waals surface area (Å²) in [5.74, 6) is -2.57. The van der Waals surface area contributed by atoms with Crippen molar-refractivity contribution in [3.8, 4) is 0 Å². The van der Waals surface area contributed by atoms with Crippen LogP contribution in [0.25, 0.3) is 16.8 Å². The molecule has 2 amide bonds. The molecule has 3 aliphatic heterocycles. The van der Waals surface area contributed by atoms with Crippen molar-refractivity contribution in [1.82, 2.24) is 4.90 Å². The molecule has 4 aromatic carbocycles. The Kier molecular flexibility index (Phi) is 5.22. The summed E-state index contributed by atoms with van der Waals surface area (Å²) in [6.07, 6.45) is 3.76. The molecule has 38 heavy (non-hydrogen) atoms. The van der Waals surface area contributed by atoms with Gasteiger partial charge in [-0.1, -0.05) is 77.8 Å². The maximum atomic E-state index is 14.1. The number of hydrogen-bond acceptors (Lipinski definition) is 4. The van der Waals surface area contributed by atoms with Crippen molar-refractivity contribution in [3.05, 3.63) is 118 Å². The van der Waals surface area contributed by atoms with Crippen molar-refractivity contribution in [2.24, 2.45) is 11.8 Å². The lowest BCUT2D eigenvalue weighted by molar-refractivity contribution is -0.123.